The number of hydrogen-bond donors (Lipinski definition) is 6. The molecule has 0 heterocycles. The van der Waals surface area contributed by atoms with Crippen LogP contribution in [-0.2, 0) is 4.79 Å². The van der Waals surface area contributed by atoms with Crippen LogP contribution in [0.25, 0.3) is 0 Å². The molecule has 2 aromatic rings. The summed E-state index contributed by atoms with van der Waals surface area (Å²) in [6.45, 7) is 0.0435. The van der Waals surface area contributed by atoms with Crippen molar-refractivity contribution in [3.05, 3.63) is 65.2 Å². The van der Waals surface area contributed by atoms with Gasteiger partial charge in [0.2, 0.25) is 0 Å². The lowest BCUT2D eigenvalue weighted by molar-refractivity contribution is -0.139. The lowest BCUT2D eigenvalue weighted by Crippen LogP contribution is -2.41. The number of rotatable bonds is 9. The molecule has 1 atom stereocenters. The van der Waals surface area contributed by atoms with Crippen LogP contribution in [0.15, 0.2) is 48.5 Å². The van der Waals surface area contributed by atoms with E-state index in [0.29, 0.717) is 16.9 Å². The quantitative estimate of drug-likeness (QED) is 0.277. The molecule has 9 heteroatoms. The third-order valence-corrected chi connectivity index (χ3v) is 3.88. The molecule has 146 valence electrons. The minimum Gasteiger partial charge on any atom is -0.493 e. The molecule has 0 saturated heterocycles. The van der Waals surface area contributed by atoms with Gasteiger partial charge in [0, 0.05) is 23.1 Å². The predicted octanol–water partition coefficient (Wildman–Crippen LogP) is 0.907. The van der Waals surface area contributed by atoms with Crippen molar-refractivity contribution in [2.75, 3.05) is 6.61 Å². The Hall–Kier alpha value is -3.88. The molecule has 28 heavy (non-hydrogen) atoms. The minimum absolute atomic E-state index is 0.0386. The number of carbonyl (C=O) groups is 2. The Labute approximate surface area is 161 Å². The van der Waals surface area contributed by atoms with Gasteiger partial charge in [0.25, 0.3) is 5.91 Å². The van der Waals surface area contributed by atoms with Crippen molar-refractivity contribution >= 4 is 23.5 Å². The van der Waals surface area contributed by atoms with E-state index in [0.717, 1.165) is 0 Å². The number of amides is 1. The number of amidine groups is 2. The average molecular weight is 383 g/mol. The van der Waals surface area contributed by atoms with Crippen LogP contribution in [0.1, 0.15) is 27.9 Å². The largest absolute Gasteiger partial charge is 0.493 e. The van der Waals surface area contributed by atoms with E-state index < -0.39 is 17.9 Å². The zero-order valence-electron chi connectivity index (χ0n) is 14.9. The molecule has 0 unspecified atom stereocenters. The molecular weight excluding hydrogens is 362 g/mol. The van der Waals surface area contributed by atoms with Crippen molar-refractivity contribution in [3.8, 4) is 5.75 Å². The first-order valence-corrected chi connectivity index (χ1v) is 8.33. The summed E-state index contributed by atoms with van der Waals surface area (Å²) >= 11 is 0. The van der Waals surface area contributed by atoms with Crippen molar-refractivity contribution in [1.82, 2.24) is 5.32 Å². The highest BCUT2D eigenvalue weighted by molar-refractivity contribution is 5.99. The van der Waals surface area contributed by atoms with Crippen molar-refractivity contribution < 1.29 is 19.4 Å². The molecule has 0 aliphatic heterocycles. The molecule has 0 aliphatic rings. The maximum absolute atomic E-state index is 12.3. The normalized spacial score (nSPS) is 11.3. The van der Waals surface area contributed by atoms with E-state index in [1.807, 2.05) is 0 Å². The minimum atomic E-state index is -1.19. The Morgan fingerprint density at radius 1 is 1.00 bits per heavy atom. The van der Waals surface area contributed by atoms with E-state index in [2.05, 4.69) is 5.32 Å². The Bertz CT molecular complexity index is 895. The summed E-state index contributed by atoms with van der Waals surface area (Å²) in [5.41, 5.74) is 12.0. The van der Waals surface area contributed by atoms with Crippen LogP contribution >= 0.6 is 0 Å². The first-order valence-electron chi connectivity index (χ1n) is 8.33. The molecule has 2 rings (SSSR count). The van der Waals surface area contributed by atoms with E-state index in [-0.39, 0.29) is 30.3 Å². The molecule has 0 aliphatic carbocycles. The Kier molecular flexibility index (Phi) is 6.69. The van der Waals surface area contributed by atoms with Gasteiger partial charge in [-0.05, 0) is 24.3 Å². The lowest BCUT2D eigenvalue weighted by atomic mass is 10.1. The van der Waals surface area contributed by atoms with Crippen molar-refractivity contribution in [3.63, 3.8) is 0 Å². The standard InChI is InChI=1S/C19H21N5O4/c20-16(21)11-4-6-12(7-5-11)18(25)24-15(19(26)27)8-9-28-14-3-1-2-13(10-14)17(22)23/h1-7,10,15H,8-9H2,(H3,20,21)(H3,22,23)(H,24,25)(H,26,27)/t15-/m0/s1. The van der Waals surface area contributed by atoms with E-state index in [4.69, 9.17) is 27.0 Å². The van der Waals surface area contributed by atoms with Crippen LogP contribution in [0.2, 0.25) is 0 Å². The van der Waals surface area contributed by atoms with Crippen LogP contribution in [0.5, 0.6) is 5.75 Å². The predicted molar refractivity (Wildman–Crippen MR) is 104 cm³/mol. The van der Waals surface area contributed by atoms with Crippen LogP contribution in [0.4, 0.5) is 0 Å². The second-order valence-electron chi connectivity index (χ2n) is 5.93. The zero-order chi connectivity index (χ0) is 20.7. The SMILES string of the molecule is N=C(N)c1ccc(C(=O)N[C@@H](CCOc2cccc(C(=N)N)c2)C(=O)O)cc1. The molecular formula is C19H21N5O4. The molecule has 0 fully saturated rings. The molecule has 9 nitrogen and oxygen atoms in total. The van der Waals surface area contributed by atoms with Crippen LogP contribution in [0, 0.1) is 10.8 Å². The summed E-state index contributed by atoms with van der Waals surface area (Å²) in [7, 11) is 0. The monoisotopic (exact) mass is 383 g/mol. The smallest absolute Gasteiger partial charge is 0.326 e. The third kappa shape index (κ3) is 5.56. The van der Waals surface area contributed by atoms with Crippen molar-refractivity contribution in [1.29, 1.82) is 10.8 Å². The molecule has 1 amide bonds. The van der Waals surface area contributed by atoms with Gasteiger partial charge in [-0.25, -0.2) is 4.79 Å². The van der Waals surface area contributed by atoms with Crippen LogP contribution < -0.4 is 21.5 Å². The molecule has 2 aromatic carbocycles. The second kappa shape index (κ2) is 9.17. The van der Waals surface area contributed by atoms with E-state index in [9.17, 15) is 14.7 Å². The van der Waals surface area contributed by atoms with Crippen molar-refractivity contribution in [2.24, 2.45) is 11.5 Å². The van der Waals surface area contributed by atoms with Gasteiger partial charge in [0.15, 0.2) is 0 Å². The van der Waals surface area contributed by atoms with Gasteiger partial charge < -0.3 is 26.6 Å². The summed E-state index contributed by atoms with van der Waals surface area (Å²) in [6.07, 6.45) is 0.0386. The Morgan fingerprint density at radius 2 is 1.61 bits per heavy atom. The number of hydrogen-bond acceptors (Lipinski definition) is 5. The zero-order valence-corrected chi connectivity index (χ0v) is 14.9. The Morgan fingerprint density at radius 3 is 2.18 bits per heavy atom. The number of benzene rings is 2. The fourth-order valence-electron chi connectivity index (χ4n) is 2.35. The summed E-state index contributed by atoms with van der Waals surface area (Å²) in [4.78, 5) is 23.7. The topological polar surface area (TPSA) is 175 Å². The van der Waals surface area contributed by atoms with Crippen LogP contribution in [-0.4, -0.2) is 41.3 Å². The Balaban J connectivity index is 1.95. The molecule has 0 radical (unpaired) electrons. The fraction of sp³-hybridized carbons (Fsp3) is 0.158. The van der Waals surface area contributed by atoms with Crippen molar-refractivity contribution in [2.45, 2.75) is 12.5 Å². The molecule has 0 spiro atoms. The number of nitrogens with one attached hydrogen (secondary N) is 3. The number of carboxylic acid groups (broad SMARTS) is 1. The molecule has 0 saturated carbocycles. The van der Waals surface area contributed by atoms with E-state index in [1.165, 1.54) is 24.3 Å². The highest BCUT2D eigenvalue weighted by Crippen LogP contribution is 2.13. The molecule has 0 bridgehead atoms. The summed E-state index contributed by atoms with van der Waals surface area (Å²) in [5, 5.41) is 26.5. The summed E-state index contributed by atoms with van der Waals surface area (Å²) in [5.74, 6) is -1.52. The number of aliphatic carboxylic acids is 1. The van der Waals surface area contributed by atoms with E-state index >= 15 is 0 Å². The maximum atomic E-state index is 12.3. The van der Waals surface area contributed by atoms with Gasteiger partial charge in [-0.15, -0.1) is 0 Å². The second-order valence-corrected chi connectivity index (χ2v) is 5.93. The summed E-state index contributed by atoms with van der Waals surface area (Å²) in [6, 6.07) is 11.4. The first-order chi connectivity index (χ1) is 13.3. The average Bonchev–Trinajstić information content (AvgIpc) is 2.67. The highest BCUT2D eigenvalue weighted by atomic mass is 16.5. The number of carbonyl (C=O) groups excluding carboxylic acids is 1. The summed E-state index contributed by atoms with van der Waals surface area (Å²) < 4.78 is 5.50. The number of carboxylic acids is 1. The maximum Gasteiger partial charge on any atom is 0.326 e. The number of nitrogen functional groups attached to an aromatic ring is 2. The van der Waals surface area contributed by atoms with Gasteiger partial charge in [0.1, 0.15) is 23.5 Å². The van der Waals surface area contributed by atoms with Gasteiger partial charge in [-0.1, -0.05) is 24.3 Å². The molecule has 0 aromatic heterocycles. The van der Waals surface area contributed by atoms with Crippen LogP contribution in [0.3, 0.4) is 0 Å². The highest BCUT2D eigenvalue weighted by Gasteiger charge is 2.21. The third-order valence-electron chi connectivity index (χ3n) is 3.88. The van der Waals surface area contributed by atoms with E-state index in [1.54, 1.807) is 24.3 Å². The lowest BCUT2D eigenvalue weighted by Gasteiger charge is -2.15. The van der Waals surface area contributed by atoms with Gasteiger partial charge in [-0.2, -0.15) is 0 Å². The molecule has 8 N–H and O–H groups in total. The van der Waals surface area contributed by atoms with Gasteiger partial charge >= 0.3 is 5.97 Å². The number of ether oxygens (including phenoxy) is 1. The van der Waals surface area contributed by atoms with Gasteiger partial charge in [0.05, 0.1) is 6.61 Å². The van der Waals surface area contributed by atoms with Gasteiger partial charge in [-0.3, -0.25) is 15.6 Å². The first kappa shape index (κ1) is 20.4. The number of nitrogens with two attached hydrogens (primary N) is 2. The fourth-order valence-corrected chi connectivity index (χ4v) is 2.35.